The molecule has 1 aliphatic rings. The topological polar surface area (TPSA) is 24.5 Å². The van der Waals surface area contributed by atoms with Crippen LogP contribution in [-0.4, -0.2) is 49.8 Å². The Morgan fingerprint density at radius 2 is 1.87 bits per heavy atom. The molecule has 0 spiro atoms. The Labute approximate surface area is 141 Å². The minimum absolute atomic E-state index is 0.377. The molecule has 1 N–H and O–H groups in total. The predicted molar refractivity (Wildman–Crippen MR) is 98.6 cm³/mol. The number of unbranched alkanes of at least 4 members (excludes halogenated alkanes) is 1. The van der Waals surface area contributed by atoms with Gasteiger partial charge in [0.05, 0.1) is 12.2 Å². The van der Waals surface area contributed by atoms with Crippen molar-refractivity contribution >= 4 is 6.08 Å². The van der Waals surface area contributed by atoms with E-state index in [1.54, 1.807) is 0 Å². The molecule has 0 aliphatic carbocycles. The van der Waals surface area contributed by atoms with Gasteiger partial charge in [-0.15, -0.1) is 0 Å². The molecule has 3 nitrogen and oxygen atoms in total. The van der Waals surface area contributed by atoms with Crippen LogP contribution in [0.5, 0.6) is 0 Å². The van der Waals surface area contributed by atoms with Gasteiger partial charge in [-0.05, 0) is 52.3 Å². The summed E-state index contributed by atoms with van der Waals surface area (Å²) in [6.45, 7) is 12.0. The molecule has 0 radical (unpaired) electrons. The average molecular weight is 316 g/mol. The van der Waals surface area contributed by atoms with E-state index in [0.29, 0.717) is 12.2 Å². The number of ether oxygens (including phenoxy) is 1. The quantitative estimate of drug-likeness (QED) is 0.742. The zero-order valence-corrected chi connectivity index (χ0v) is 14.9. The van der Waals surface area contributed by atoms with Crippen molar-refractivity contribution in [3.63, 3.8) is 0 Å². The van der Waals surface area contributed by atoms with Crippen LogP contribution in [0.3, 0.4) is 0 Å². The lowest BCUT2D eigenvalue weighted by molar-refractivity contribution is -0.0681. The van der Waals surface area contributed by atoms with Crippen molar-refractivity contribution in [1.29, 1.82) is 0 Å². The molecule has 1 aliphatic heterocycles. The molecule has 1 aromatic carbocycles. The largest absolute Gasteiger partial charge is 0.373 e. The van der Waals surface area contributed by atoms with Crippen molar-refractivity contribution in [2.24, 2.45) is 0 Å². The molecular weight excluding hydrogens is 284 g/mol. The van der Waals surface area contributed by atoms with Gasteiger partial charge in [-0.25, -0.2) is 0 Å². The first-order chi connectivity index (χ1) is 11.1. The van der Waals surface area contributed by atoms with E-state index in [1.807, 2.05) is 0 Å². The van der Waals surface area contributed by atoms with Crippen LogP contribution in [0.15, 0.2) is 35.9 Å². The van der Waals surface area contributed by atoms with Crippen LogP contribution in [0, 0.1) is 0 Å². The smallest absolute Gasteiger partial charge is 0.0678 e. The van der Waals surface area contributed by atoms with Crippen molar-refractivity contribution < 1.29 is 4.74 Å². The monoisotopic (exact) mass is 316 g/mol. The van der Waals surface area contributed by atoms with Crippen molar-refractivity contribution in [3.05, 3.63) is 41.5 Å². The highest BCUT2D eigenvalue weighted by Crippen LogP contribution is 2.11. The summed E-state index contributed by atoms with van der Waals surface area (Å²) in [6.07, 6.45) is 5.50. The third kappa shape index (κ3) is 7.30. The molecule has 1 heterocycles. The van der Waals surface area contributed by atoms with E-state index in [9.17, 15) is 0 Å². The highest BCUT2D eigenvalue weighted by molar-refractivity contribution is 5.52. The fraction of sp³-hybridized carbons (Fsp3) is 0.600. The number of nitrogens with zero attached hydrogens (tertiary/aromatic N) is 1. The summed E-state index contributed by atoms with van der Waals surface area (Å²) in [5.74, 6) is 0. The fourth-order valence-electron chi connectivity index (χ4n) is 3.22. The van der Waals surface area contributed by atoms with Crippen LogP contribution in [-0.2, 0) is 4.74 Å². The van der Waals surface area contributed by atoms with Crippen molar-refractivity contribution in [3.8, 4) is 0 Å². The number of morpholine rings is 1. The van der Waals surface area contributed by atoms with Gasteiger partial charge in [0, 0.05) is 19.6 Å². The van der Waals surface area contributed by atoms with Crippen LogP contribution in [0.2, 0.25) is 0 Å². The maximum Gasteiger partial charge on any atom is 0.0678 e. The second-order valence-electron chi connectivity index (χ2n) is 6.80. The molecule has 2 rings (SSSR count). The van der Waals surface area contributed by atoms with Gasteiger partial charge >= 0.3 is 0 Å². The molecule has 128 valence electrons. The number of rotatable bonds is 8. The molecule has 23 heavy (non-hydrogen) atoms. The number of hydrogen-bond donors (Lipinski definition) is 1. The fourth-order valence-corrected chi connectivity index (χ4v) is 3.22. The molecule has 1 fully saturated rings. The van der Waals surface area contributed by atoms with Crippen molar-refractivity contribution in [2.75, 3.05) is 32.7 Å². The first-order valence-corrected chi connectivity index (χ1v) is 8.94. The Kier molecular flexibility index (Phi) is 7.80. The zero-order valence-electron chi connectivity index (χ0n) is 14.9. The lowest BCUT2D eigenvalue weighted by Crippen LogP contribution is -2.45. The second-order valence-corrected chi connectivity index (χ2v) is 6.80. The zero-order chi connectivity index (χ0) is 16.5. The molecular formula is C20H32N2O. The molecule has 1 saturated heterocycles. The summed E-state index contributed by atoms with van der Waals surface area (Å²) in [5.41, 5.74) is 2.66. The molecule has 1 aromatic rings. The molecule has 2 atom stereocenters. The van der Waals surface area contributed by atoms with E-state index in [-0.39, 0.29) is 0 Å². The summed E-state index contributed by atoms with van der Waals surface area (Å²) in [6, 6.07) is 10.5. The van der Waals surface area contributed by atoms with Crippen LogP contribution >= 0.6 is 0 Å². The summed E-state index contributed by atoms with van der Waals surface area (Å²) in [4.78, 5) is 2.54. The third-order valence-electron chi connectivity index (χ3n) is 4.19. The lowest BCUT2D eigenvalue weighted by Gasteiger charge is -2.35. The average Bonchev–Trinajstić information content (AvgIpc) is 2.51. The number of hydrogen-bond acceptors (Lipinski definition) is 3. The van der Waals surface area contributed by atoms with Gasteiger partial charge in [0.15, 0.2) is 0 Å². The predicted octanol–water partition coefficient (Wildman–Crippen LogP) is 3.57. The van der Waals surface area contributed by atoms with Crippen LogP contribution < -0.4 is 5.32 Å². The van der Waals surface area contributed by atoms with Crippen molar-refractivity contribution in [1.82, 2.24) is 10.2 Å². The van der Waals surface area contributed by atoms with E-state index in [1.165, 1.54) is 30.5 Å². The Balaban J connectivity index is 1.55. The Morgan fingerprint density at radius 1 is 1.17 bits per heavy atom. The van der Waals surface area contributed by atoms with E-state index in [4.69, 9.17) is 4.74 Å². The summed E-state index contributed by atoms with van der Waals surface area (Å²) in [7, 11) is 0. The van der Waals surface area contributed by atoms with Crippen LogP contribution in [0.25, 0.3) is 6.08 Å². The first-order valence-electron chi connectivity index (χ1n) is 8.94. The van der Waals surface area contributed by atoms with Crippen LogP contribution in [0.4, 0.5) is 0 Å². The summed E-state index contributed by atoms with van der Waals surface area (Å²) < 4.78 is 5.78. The molecule has 2 unspecified atom stereocenters. The summed E-state index contributed by atoms with van der Waals surface area (Å²) >= 11 is 0. The van der Waals surface area contributed by atoms with Gasteiger partial charge in [-0.3, -0.25) is 4.90 Å². The number of nitrogens with one attached hydrogen (secondary N) is 1. The molecule has 0 saturated carbocycles. The molecule has 0 amide bonds. The van der Waals surface area contributed by atoms with E-state index < -0.39 is 0 Å². The number of benzene rings is 1. The Bertz CT molecular complexity index is 462. The maximum atomic E-state index is 5.78. The van der Waals surface area contributed by atoms with Crippen molar-refractivity contribution in [2.45, 2.75) is 45.8 Å². The highest BCUT2D eigenvalue weighted by atomic mass is 16.5. The highest BCUT2D eigenvalue weighted by Gasteiger charge is 2.21. The lowest BCUT2D eigenvalue weighted by atomic mass is 10.1. The van der Waals surface area contributed by atoms with E-state index in [2.05, 4.69) is 67.4 Å². The van der Waals surface area contributed by atoms with Gasteiger partial charge in [0.2, 0.25) is 0 Å². The van der Waals surface area contributed by atoms with Gasteiger partial charge in [-0.1, -0.05) is 42.0 Å². The Hall–Kier alpha value is -1.16. The minimum atomic E-state index is 0.377. The van der Waals surface area contributed by atoms with Gasteiger partial charge < -0.3 is 10.1 Å². The Morgan fingerprint density at radius 3 is 2.57 bits per heavy atom. The molecule has 0 aromatic heterocycles. The maximum absolute atomic E-state index is 5.78. The molecule has 3 heteroatoms. The van der Waals surface area contributed by atoms with Gasteiger partial charge in [0.1, 0.15) is 0 Å². The van der Waals surface area contributed by atoms with Gasteiger partial charge in [-0.2, -0.15) is 0 Å². The van der Waals surface area contributed by atoms with E-state index >= 15 is 0 Å². The van der Waals surface area contributed by atoms with Gasteiger partial charge in [0.25, 0.3) is 0 Å². The third-order valence-corrected chi connectivity index (χ3v) is 4.19. The van der Waals surface area contributed by atoms with Crippen LogP contribution in [0.1, 0.15) is 39.2 Å². The standard InChI is InChI=1S/C20H32N2O/c1-17(13-20-9-5-4-6-10-20)14-21-11-7-8-12-22-15-18(2)23-19(3)16-22/h4-6,9-10,13,18-19,21H,7-8,11-12,14-16H2,1-3H3/b17-13+. The second kappa shape index (κ2) is 9.86. The molecule has 0 bridgehead atoms. The first kappa shape index (κ1) is 18.2. The minimum Gasteiger partial charge on any atom is -0.373 e. The summed E-state index contributed by atoms with van der Waals surface area (Å²) in [5, 5.41) is 3.55. The SMILES string of the molecule is C/C(=C\c1ccccc1)CNCCCCN1CC(C)OC(C)C1. The van der Waals surface area contributed by atoms with E-state index in [0.717, 1.165) is 26.2 Å². The normalized spacial score (nSPS) is 23.2.